The van der Waals surface area contributed by atoms with Gasteiger partial charge in [0.05, 0.1) is 21.8 Å². The van der Waals surface area contributed by atoms with Crippen molar-refractivity contribution in [1.29, 1.82) is 0 Å². The number of rotatable bonds is 6. The van der Waals surface area contributed by atoms with Gasteiger partial charge in [-0.15, -0.1) is 11.3 Å². The van der Waals surface area contributed by atoms with Crippen molar-refractivity contribution in [3.05, 3.63) is 77.1 Å². The minimum absolute atomic E-state index is 0.00530. The van der Waals surface area contributed by atoms with E-state index in [1.807, 2.05) is 5.38 Å². The Bertz CT molecular complexity index is 1230. The van der Waals surface area contributed by atoms with Gasteiger partial charge in [0.2, 0.25) is 0 Å². The molecular weight excluding hydrogens is 401 g/mol. The molecule has 0 saturated carbocycles. The van der Waals surface area contributed by atoms with Crippen LogP contribution in [-0.4, -0.2) is 18.4 Å². The number of pyridine rings is 1. The summed E-state index contributed by atoms with van der Waals surface area (Å²) >= 11 is 1.47. The fourth-order valence-corrected chi connectivity index (χ4v) is 4.46. The number of sulfonamides is 1. The smallest absolute Gasteiger partial charge is 0.262 e. The molecule has 0 atom stereocenters. The van der Waals surface area contributed by atoms with Crippen LogP contribution in [0.5, 0.6) is 5.75 Å². The van der Waals surface area contributed by atoms with Gasteiger partial charge in [-0.2, -0.15) is 0 Å². The quantitative estimate of drug-likeness (QED) is 0.510. The maximum atomic E-state index is 13.9. The molecule has 0 unspecified atom stereocenters. The van der Waals surface area contributed by atoms with Crippen molar-refractivity contribution in [3.63, 3.8) is 0 Å². The number of thiazole rings is 1. The number of ether oxygens (including phenoxy) is 1. The minimum Gasteiger partial charge on any atom is -0.487 e. The number of hydrogen-bond acceptors (Lipinski definition) is 6. The molecule has 2 heterocycles. The number of nitrogens with one attached hydrogen (secondary N) is 1. The largest absolute Gasteiger partial charge is 0.487 e. The van der Waals surface area contributed by atoms with E-state index in [2.05, 4.69) is 14.7 Å². The molecular formula is C19H14FN3O3S2. The lowest BCUT2D eigenvalue weighted by Crippen LogP contribution is -2.14. The highest BCUT2D eigenvalue weighted by Gasteiger charge is 2.19. The van der Waals surface area contributed by atoms with Gasteiger partial charge in [-0.1, -0.05) is 6.07 Å². The van der Waals surface area contributed by atoms with Crippen molar-refractivity contribution in [2.45, 2.75) is 11.5 Å². The van der Waals surface area contributed by atoms with Crippen LogP contribution in [0.25, 0.3) is 10.9 Å². The highest BCUT2D eigenvalue weighted by atomic mass is 32.2. The molecule has 4 aromatic rings. The second-order valence-electron chi connectivity index (χ2n) is 5.85. The molecule has 0 spiro atoms. The summed E-state index contributed by atoms with van der Waals surface area (Å²) in [6, 6.07) is 12.0. The van der Waals surface area contributed by atoms with Crippen molar-refractivity contribution < 1.29 is 17.5 Å². The van der Waals surface area contributed by atoms with Gasteiger partial charge in [0.15, 0.2) is 0 Å². The van der Waals surface area contributed by atoms with Crippen molar-refractivity contribution in [2.24, 2.45) is 0 Å². The topological polar surface area (TPSA) is 81.2 Å². The number of anilines is 1. The summed E-state index contributed by atoms with van der Waals surface area (Å²) < 4.78 is 47.8. The Morgan fingerprint density at radius 3 is 2.82 bits per heavy atom. The molecule has 28 heavy (non-hydrogen) atoms. The zero-order valence-electron chi connectivity index (χ0n) is 14.4. The standard InChI is InChI=1S/C19H14FN3O3S2/c20-17-6-7-18(16-5-2-8-21-19(16)17)28(24,25)23-13-3-1-4-15(9-13)26-10-14-11-27-12-22-14/h1-9,11-12,23H,10H2. The van der Waals surface area contributed by atoms with E-state index in [1.165, 1.54) is 29.7 Å². The van der Waals surface area contributed by atoms with E-state index in [0.717, 1.165) is 11.8 Å². The van der Waals surface area contributed by atoms with Crippen LogP contribution in [-0.2, 0) is 16.6 Å². The average molecular weight is 415 g/mol. The summed E-state index contributed by atoms with van der Waals surface area (Å²) in [5.74, 6) is -0.0779. The Morgan fingerprint density at radius 1 is 1.11 bits per heavy atom. The molecule has 1 N–H and O–H groups in total. The fraction of sp³-hybridized carbons (Fsp3) is 0.0526. The molecule has 0 aliphatic carbocycles. The highest BCUT2D eigenvalue weighted by Crippen LogP contribution is 2.27. The molecule has 0 bridgehead atoms. The van der Waals surface area contributed by atoms with Gasteiger partial charge >= 0.3 is 0 Å². The van der Waals surface area contributed by atoms with Crippen LogP contribution in [0.4, 0.5) is 10.1 Å². The second-order valence-corrected chi connectivity index (χ2v) is 8.22. The highest BCUT2D eigenvalue weighted by molar-refractivity contribution is 7.93. The first kappa shape index (κ1) is 18.3. The molecule has 4 rings (SSSR count). The summed E-state index contributed by atoms with van der Waals surface area (Å²) in [5.41, 5.74) is 2.84. The second kappa shape index (κ2) is 7.53. The van der Waals surface area contributed by atoms with Crippen molar-refractivity contribution in [1.82, 2.24) is 9.97 Å². The molecule has 0 fully saturated rings. The number of hydrogen-bond donors (Lipinski definition) is 1. The Balaban J connectivity index is 1.60. The number of benzene rings is 2. The summed E-state index contributed by atoms with van der Waals surface area (Å²) in [7, 11) is -3.95. The molecule has 9 heteroatoms. The zero-order valence-corrected chi connectivity index (χ0v) is 16.0. The third-order valence-electron chi connectivity index (χ3n) is 3.93. The average Bonchev–Trinajstić information content (AvgIpc) is 3.20. The lowest BCUT2D eigenvalue weighted by molar-refractivity contribution is 0.302. The SMILES string of the molecule is O=S(=O)(Nc1cccc(OCc2cscn2)c1)c1ccc(F)c2ncccc12. The van der Waals surface area contributed by atoms with Crippen LogP contribution < -0.4 is 9.46 Å². The number of nitrogens with zero attached hydrogens (tertiary/aromatic N) is 2. The minimum atomic E-state index is -3.95. The number of halogens is 1. The van der Waals surface area contributed by atoms with E-state index in [-0.39, 0.29) is 22.4 Å². The van der Waals surface area contributed by atoms with Crippen LogP contribution in [0.3, 0.4) is 0 Å². The Kier molecular flexibility index (Phi) is 4.93. The molecule has 0 radical (unpaired) electrons. The van der Waals surface area contributed by atoms with E-state index in [1.54, 1.807) is 35.8 Å². The van der Waals surface area contributed by atoms with Gasteiger partial charge in [0, 0.05) is 23.0 Å². The van der Waals surface area contributed by atoms with Crippen molar-refractivity contribution >= 4 is 38.0 Å². The molecule has 0 aliphatic heterocycles. The molecule has 0 amide bonds. The van der Waals surface area contributed by atoms with Gasteiger partial charge in [0.25, 0.3) is 10.0 Å². The Morgan fingerprint density at radius 2 is 2.00 bits per heavy atom. The van der Waals surface area contributed by atoms with Gasteiger partial charge in [-0.05, 0) is 36.4 Å². The van der Waals surface area contributed by atoms with Crippen LogP contribution in [0.15, 0.2) is 70.5 Å². The molecule has 0 saturated heterocycles. The first-order chi connectivity index (χ1) is 13.5. The third-order valence-corrected chi connectivity index (χ3v) is 6.00. The lowest BCUT2D eigenvalue weighted by atomic mass is 10.2. The van der Waals surface area contributed by atoms with Gasteiger partial charge in [-0.25, -0.2) is 17.8 Å². The predicted octanol–water partition coefficient (Wildman–Crippen LogP) is 4.21. The normalized spacial score (nSPS) is 11.5. The van der Waals surface area contributed by atoms with Gasteiger partial charge < -0.3 is 4.74 Å². The molecule has 142 valence electrons. The lowest BCUT2D eigenvalue weighted by Gasteiger charge is -2.12. The first-order valence-corrected chi connectivity index (χ1v) is 10.6. The van der Waals surface area contributed by atoms with Crippen LogP contribution >= 0.6 is 11.3 Å². The van der Waals surface area contributed by atoms with Gasteiger partial charge in [-0.3, -0.25) is 9.71 Å². The zero-order chi connectivity index (χ0) is 19.6. The van der Waals surface area contributed by atoms with E-state index in [9.17, 15) is 12.8 Å². The van der Waals surface area contributed by atoms with E-state index in [0.29, 0.717) is 11.4 Å². The molecule has 6 nitrogen and oxygen atoms in total. The molecule has 2 aromatic heterocycles. The van der Waals surface area contributed by atoms with Crippen molar-refractivity contribution in [2.75, 3.05) is 4.72 Å². The molecule has 0 aliphatic rings. The maximum absolute atomic E-state index is 13.9. The summed E-state index contributed by atoms with van der Waals surface area (Å²) in [6.45, 7) is 0.286. The van der Waals surface area contributed by atoms with E-state index in [4.69, 9.17) is 4.74 Å². The Hall–Kier alpha value is -3.04. The van der Waals surface area contributed by atoms with Crippen LogP contribution in [0, 0.1) is 5.82 Å². The van der Waals surface area contributed by atoms with Crippen molar-refractivity contribution in [3.8, 4) is 5.75 Å². The van der Waals surface area contributed by atoms with Crippen LogP contribution in [0.2, 0.25) is 0 Å². The fourth-order valence-electron chi connectivity index (χ4n) is 2.67. The number of fused-ring (bicyclic) bond motifs is 1. The maximum Gasteiger partial charge on any atom is 0.262 e. The van der Waals surface area contributed by atoms with Gasteiger partial charge in [0.1, 0.15) is 23.7 Å². The third kappa shape index (κ3) is 3.80. The monoisotopic (exact) mass is 415 g/mol. The number of aromatic nitrogens is 2. The molecule has 2 aromatic carbocycles. The van der Waals surface area contributed by atoms with E-state index >= 15 is 0 Å². The summed E-state index contributed by atoms with van der Waals surface area (Å²) in [6.07, 6.45) is 1.42. The first-order valence-electron chi connectivity index (χ1n) is 8.19. The summed E-state index contributed by atoms with van der Waals surface area (Å²) in [5, 5.41) is 2.09. The Labute approximate surface area is 164 Å². The summed E-state index contributed by atoms with van der Waals surface area (Å²) in [4.78, 5) is 8.02. The van der Waals surface area contributed by atoms with Crippen LogP contribution in [0.1, 0.15) is 5.69 Å². The van der Waals surface area contributed by atoms with E-state index < -0.39 is 15.8 Å². The predicted molar refractivity (Wildman–Crippen MR) is 105 cm³/mol.